The van der Waals surface area contributed by atoms with E-state index in [0.717, 1.165) is 45.7 Å². The fourth-order valence-corrected chi connectivity index (χ4v) is 4.86. The number of allylic oxidation sites excluding steroid dienone is 1. The van der Waals surface area contributed by atoms with Gasteiger partial charge in [0, 0.05) is 16.0 Å². The Hall–Kier alpha value is -3.51. The number of carbonyl (C=O) groups is 1. The van der Waals surface area contributed by atoms with E-state index >= 15 is 0 Å². The third-order valence-electron chi connectivity index (χ3n) is 5.86. The third-order valence-corrected chi connectivity index (χ3v) is 7.14. The molecule has 0 radical (unpaired) electrons. The lowest BCUT2D eigenvalue weighted by Crippen LogP contribution is -2.11. The SMILES string of the molecule is CC.CCCSc1ccccc1N/C(=C(/C)C(=O)c1cccc2ccccc12)c1ccc(C(F)(F)F)cc1. The average molecular weight is 536 g/mol. The minimum atomic E-state index is -4.44. The number of para-hydroxylation sites is 1. The third kappa shape index (κ3) is 6.87. The number of fused-ring (bicyclic) bond motifs is 1. The van der Waals surface area contributed by atoms with Crippen molar-refractivity contribution in [1.82, 2.24) is 0 Å². The smallest absolute Gasteiger partial charge is 0.354 e. The Labute approximate surface area is 227 Å². The molecular weight excluding hydrogens is 503 g/mol. The van der Waals surface area contributed by atoms with Gasteiger partial charge in [0.05, 0.1) is 16.9 Å². The Balaban J connectivity index is 0.00000195. The first-order chi connectivity index (χ1) is 18.3. The number of hydrogen-bond donors (Lipinski definition) is 1. The van der Waals surface area contributed by atoms with Crippen LogP contribution in [-0.4, -0.2) is 11.5 Å². The van der Waals surface area contributed by atoms with Gasteiger partial charge in [-0.25, -0.2) is 0 Å². The molecule has 198 valence electrons. The lowest BCUT2D eigenvalue weighted by molar-refractivity contribution is -0.137. The summed E-state index contributed by atoms with van der Waals surface area (Å²) < 4.78 is 39.6. The number of carbonyl (C=O) groups excluding carboxylic acids is 1. The highest BCUT2D eigenvalue weighted by molar-refractivity contribution is 7.99. The highest BCUT2D eigenvalue weighted by Gasteiger charge is 2.30. The number of ketones is 1. The predicted molar refractivity (Wildman–Crippen MR) is 155 cm³/mol. The van der Waals surface area contributed by atoms with Gasteiger partial charge in [-0.05, 0) is 59.7 Å². The lowest BCUT2D eigenvalue weighted by Gasteiger charge is -2.18. The van der Waals surface area contributed by atoms with Crippen LogP contribution in [0.1, 0.15) is 55.6 Å². The Bertz CT molecular complexity index is 1400. The van der Waals surface area contributed by atoms with Crippen molar-refractivity contribution in [2.45, 2.75) is 45.2 Å². The Morgan fingerprint density at radius 1 is 0.842 bits per heavy atom. The Morgan fingerprint density at radius 3 is 2.16 bits per heavy atom. The molecule has 0 aromatic heterocycles. The van der Waals surface area contributed by atoms with Crippen LogP contribution in [0.5, 0.6) is 0 Å². The molecule has 4 aromatic rings. The van der Waals surface area contributed by atoms with Crippen LogP contribution in [0.4, 0.5) is 18.9 Å². The maximum Gasteiger partial charge on any atom is 0.416 e. The van der Waals surface area contributed by atoms with Crippen molar-refractivity contribution >= 4 is 39.7 Å². The van der Waals surface area contributed by atoms with Gasteiger partial charge in [-0.3, -0.25) is 4.79 Å². The molecule has 6 heteroatoms. The summed E-state index contributed by atoms with van der Waals surface area (Å²) in [7, 11) is 0. The molecule has 0 unspecified atom stereocenters. The van der Waals surface area contributed by atoms with E-state index in [0.29, 0.717) is 22.4 Å². The van der Waals surface area contributed by atoms with Crippen LogP contribution < -0.4 is 5.32 Å². The van der Waals surface area contributed by atoms with Crippen molar-refractivity contribution in [1.29, 1.82) is 0 Å². The number of rotatable bonds is 8. The summed E-state index contributed by atoms with van der Waals surface area (Å²) in [5, 5.41) is 5.16. The molecule has 0 atom stereocenters. The van der Waals surface area contributed by atoms with E-state index < -0.39 is 11.7 Å². The summed E-state index contributed by atoms with van der Waals surface area (Å²) in [5.74, 6) is 0.735. The second-order valence-corrected chi connectivity index (χ2v) is 9.54. The van der Waals surface area contributed by atoms with Crippen molar-refractivity contribution < 1.29 is 18.0 Å². The van der Waals surface area contributed by atoms with Crippen LogP contribution in [0.2, 0.25) is 0 Å². The number of halogens is 3. The van der Waals surface area contributed by atoms with Gasteiger partial charge >= 0.3 is 6.18 Å². The molecule has 0 fully saturated rings. The number of benzene rings is 4. The summed E-state index contributed by atoms with van der Waals surface area (Å²) in [6.07, 6.45) is -3.44. The largest absolute Gasteiger partial charge is 0.416 e. The lowest BCUT2D eigenvalue weighted by atomic mass is 9.95. The second kappa shape index (κ2) is 13.3. The number of thioether (sulfide) groups is 1. The van der Waals surface area contributed by atoms with Gasteiger partial charge in [0.1, 0.15) is 0 Å². The number of hydrogen-bond acceptors (Lipinski definition) is 3. The van der Waals surface area contributed by atoms with Gasteiger partial charge in [-0.15, -0.1) is 11.8 Å². The van der Waals surface area contributed by atoms with Crippen LogP contribution in [0.15, 0.2) is 101 Å². The van der Waals surface area contributed by atoms with E-state index in [1.807, 2.05) is 74.5 Å². The van der Waals surface area contributed by atoms with Crippen LogP contribution in [0.3, 0.4) is 0 Å². The standard InChI is InChI=1S/C30H26F3NOS.C2H6/c1-3-19-36-27-14-7-6-13-26(27)34-28(22-15-17-23(18-16-22)30(31,32)33)20(2)29(35)25-12-8-10-21-9-4-5-11-24(21)25;1-2/h4-18,34H,3,19H2,1-2H3;1-2H3/b28-20-;. The number of nitrogens with one attached hydrogen (secondary N) is 1. The van der Waals surface area contributed by atoms with Crippen molar-refractivity contribution in [2.24, 2.45) is 0 Å². The molecular formula is C32H32F3NOS. The minimum absolute atomic E-state index is 0.187. The Kier molecular flexibility index (Phi) is 10.2. The quantitative estimate of drug-likeness (QED) is 0.138. The molecule has 0 aliphatic rings. The monoisotopic (exact) mass is 535 g/mol. The zero-order valence-corrected chi connectivity index (χ0v) is 22.8. The van der Waals surface area contributed by atoms with Crippen LogP contribution in [0, 0.1) is 0 Å². The van der Waals surface area contributed by atoms with Crippen LogP contribution >= 0.6 is 11.8 Å². The van der Waals surface area contributed by atoms with E-state index in [4.69, 9.17) is 0 Å². The van der Waals surface area contributed by atoms with E-state index in [2.05, 4.69) is 12.2 Å². The zero-order chi connectivity index (χ0) is 27.7. The first-order valence-electron chi connectivity index (χ1n) is 12.7. The molecule has 1 N–H and O–H groups in total. The first-order valence-corrected chi connectivity index (χ1v) is 13.7. The maximum absolute atomic E-state index is 13.8. The van der Waals surface area contributed by atoms with Crippen LogP contribution in [-0.2, 0) is 6.18 Å². The molecule has 2 nitrogen and oxygen atoms in total. The number of anilines is 1. The van der Waals surface area contributed by atoms with Gasteiger partial charge in [0.15, 0.2) is 5.78 Å². The van der Waals surface area contributed by atoms with Gasteiger partial charge < -0.3 is 5.32 Å². The maximum atomic E-state index is 13.8. The molecule has 0 bridgehead atoms. The molecule has 0 aliphatic carbocycles. The summed E-state index contributed by atoms with van der Waals surface area (Å²) in [6, 6.07) is 25.9. The van der Waals surface area contributed by atoms with E-state index in [1.54, 1.807) is 24.8 Å². The van der Waals surface area contributed by atoms with Gasteiger partial charge in [0.25, 0.3) is 0 Å². The van der Waals surface area contributed by atoms with E-state index in [1.165, 1.54) is 12.1 Å². The van der Waals surface area contributed by atoms with Crippen molar-refractivity contribution in [3.63, 3.8) is 0 Å². The highest BCUT2D eigenvalue weighted by Crippen LogP contribution is 2.34. The van der Waals surface area contributed by atoms with E-state index in [-0.39, 0.29) is 5.78 Å². The molecule has 0 spiro atoms. The molecule has 0 aliphatic heterocycles. The van der Waals surface area contributed by atoms with Crippen molar-refractivity contribution in [3.8, 4) is 0 Å². The summed E-state index contributed by atoms with van der Waals surface area (Å²) >= 11 is 1.69. The van der Waals surface area contributed by atoms with Crippen molar-refractivity contribution in [2.75, 3.05) is 11.1 Å². The fourth-order valence-electron chi connectivity index (χ4n) is 3.99. The number of Topliss-reactive ketones (excluding diaryl/α,β-unsaturated/α-hetero) is 1. The molecule has 0 amide bonds. The predicted octanol–water partition coefficient (Wildman–Crippen LogP) is 10.1. The second-order valence-electron chi connectivity index (χ2n) is 8.40. The van der Waals surface area contributed by atoms with Gasteiger partial charge in [-0.1, -0.05) is 87.5 Å². The summed E-state index contributed by atoms with van der Waals surface area (Å²) in [6.45, 7) is 7.81. The molecule has 4 rings (SSSR count). The van der Waals surface area contributed by atoms with Gasteiger partial charge in [-0.2, -0.15) is 13.2 Å². The average Bonchev–Trinajstić information content (AvgIpc) is 2.95. The molecule has 0 saturated heterocycles. The summed E-state index contributed by atoms with van der Waals surface area (Å²) in [4.78, 5) is 14.8. The zero-order valence-electron chi connectivity index (χ0n) is 22.0. The highest BCUT2D eigenvalue weighted by atomic mass is 32.2. The molecule has 0 saturated carbocycles. The summed E-state index contributed by atoms with van der Waals surface area (Å²) in [5.41, 5.74) is 2.01. The first kappa shape index (κ1) is 29.1. The molecule has 0 heterocycles. The van der Waals surface area contributed by atoms with Gasteiger partial charge in [0.2, 0.25) is 0 Å². The normalized spacial score (nSPS) is 11.9. The minimum Gasteiger partial charge on any atom is -0.354 e. The fraction of sp³-hybridized carbons (Fsp3) is 0.219. The topological polar surface area (TPSA) is 29.1 Å². The van der Waals surface area contributed by atoms with Crippen molar-refractivity contribution in [3.05, 3.63) is 113 Å². The molecule has 4 aromatic carbocycles. The number of alkyl halides is 3. The Morgan fingerprint density at radius 2 is 1.47 bits per heavy atom. The van der Waals surface area contributed by atoms with Crippen LogP contribution in [0.25, 0.3) is 16.5 Å². The van der Waals surface area contributed by atoms with E-state index in [9.17, 15) is 18.0 Å². The molecule has 38 heavy (non-hydrogen) atoms.